The Hall–Kier alpha value is -1.04. The Morgan fingerprint density at radius 3 is 2.59 bits per heavy atom. The van der Waals surface area contributed by atoms with Gasteiger partial charge >= 0.3 is 0 Å². The minimum Gasteiger partial charge on any atom is -0.353 e. The molecule has 6 heteroatoms. The van der Waals surface area contributed by atoms with Crippen LogP contribution < -0.4 is 5.32 Å². The third kappa shape index (κ3) is 3.83. The molecule has 0 aliphatic heterocycles. The molecule has 0 bridgehead atoms. The zero-order valence-corrected chi connectivity index (χ0v) is 14.4. The molecule has 2 saturated carbocycles. The monoisotopic (exact) mass is 322 g/mol. The highest BCUT2D eigenvalue weighted by Gasteiger charge is 2.30. The summed E-state index contributed by atoms with van der Waals surface area (Å²) >= 11 is 1.51. The lowest BCUT2D eigenvalue weighted by molar-refractivity contribution is -0.119. The van der Waals surface area contributed by atoms with Crippen molar-refractivity contribution in [2.75, 3.05) is 5.75 Å². The number of hydrogen-bond donors (Lipinski definition) is 1. The lowest BCUT2D eigenvalue weighted by Gasteiger charge is -2.26. The summed E-state index contributed by atoms with van der Waals surface area (Å²) in [7, 11) is 0. The maximum absolute atomic E-state index is 12.1. The molecule has 0 aromatic carbocycles. The summed E-state index contributed by atoms with van der Waals surface area (Å²) in [5, 5.41) is 12.6. The molecule has 0 unspecified atom stereocenters. The van der Waals surface area contributed by atoms with Crippen LogP contribution in [0.25, 0.3) is 0 Å². The highest BCUT2D eigenvalue weighted by Crippen LogP contribution is 2.39. The van der Waals surface area contributed by atoms with E-state index >= 15 is 0 Å². The molecule has 0 atom stereocenters. The summed E-state index contributed by atoms with van der Waals surface area (Å²) in [6.45, 7) is 5.29. The van der Waals surface area contributed by atoms with Crippen LogP contribution in [0.3, 0.4) is 0 Å². The van der Waals surface area contributed by atoms with Crippen LogP contribution in [-0.2, 0) is 11.3 Å². The molecule has 2 fully saturated rings. The van der Waals surface area contributed by atoms with E-state index in [1.54, 1.807) is 0 Å². The molecule has 1 heterocycles. The summed E-state index contributed by atoms with van der Waals surface area (Å²) in [4.78, 5) is 12.1. The molecule has 122 valence electrons. The lowest BCUT2D eigenvalue weighted by Crippen LogP contribution is -2.38. The van der Waals surface area contributed by atoms with Crippen LogP contribution in [0.5, 0.6) is 0 Å². The highest BCUT2D eigenvalue weighted by molar-refractivity contribution is 7.99. The first-order valence-electron chi connectivity index (χ1n) is 8.52. The number of nitrogens with zero attached hydrogens (tertiary/aromatic N) is 3. The Labute approximate surface area is 136 Å². The number of hydrogen-bond acceptors (Lipinski definition) is 4. The van der Waals surface area contributed by atoms with Gasteiger partial charge in [0.15, 0.2) is 5.16 Å². The Kier molecular flexibility index (Phi) is 5.06. The van der Waals surface area contributed by atoms with E-state index in [1.807, 2.05) is 0 Å². The molecule has 22 heavy (non-hydrogen) atoms. The Morgan fingerprint density at radius 1 is 1.23 bits per heavy atom. The van der Waals surface area contributed by atoms with E-state index in [0.29, 0.717) is 17.7 Å². The van der Waals surface area contributed by atoms with E-state index in [4.69, 9.17) is 0 Å². The summed E-state index contributed by atoms with van der Waals surface area (Å²) in [5.74, 6) is 3.08. The molecule has 1 N–H and O–H groups in total. The van der Waals surface area contributed by atoms with Crippen molar-refractivity contribution in [1.82, 2.24) is 20.1 Å². The van der Waals surface area contributed by atoms with Crippen molar-refractivity contribution in [2.45, 2.75) is 76.0 Å². The van der Waals surface area contributed by atoms with Gasteiger partial charge in [-0.25, -0.2) is 0 Å². The fourth-order valence-corrected chi connectivity index (χ4v) is 3.97. The molecule has 1 aromatic rings. The molecule has 3 rings (SSSR count). The highest BCUT2D eigenvalue weighted by atomic mass is 32.2. The van der Waals surface area contributed by atoms with Gasteiger partial charge < -0.3 is 9.88 Å². The van der Waals surface area contributed by atoms with Gasteiger partial charge in [0.1, 0.15) is 5.82 Å². The summed E-state index contributed by atoms with van der Waals surface area (Å²) in [5.41, 5.74) is 0. The summed E-state index contributed by atoms with van der Waals surface area (Å²) in [6, 6.07) is 0.371. The van der Waals surface area contributed by atoms with Gasteiger partial charge in [0, 0.05) is 18.5 Å². The van der Waals surface area contributed by atoms with E-state index in [9.17, 15) is 4.79 Å². The van der Waals surface area contributed by atoms with Crippen molar-refractivity contribution in [3.63, 3.8) is 0 Å². The van der Waals surface area contributed by atoms with Crippen molar-refractivity contribution < 1.29 is 4.79 Å². The van der Waals surface area contributed by atoms with Crippen LogP contribution in [0.1, 0.15) is 64.1 Å². The van der Waals surface area contributed by atoms with Crippen molar-refractivity contribution >= 4 is 17.7 Å². The molecule has 0 spiro atoms. The predicted octanol–water partition coefficient (Wildman–Crippen LogP) is 2.96. The van der Waals surface area contributed by atoms with Gasteiger partial charge in [-0.05, 0) is 51.4 Å². The Morgan fingerprint density at radius 2 is 1.95 bits per heavy atom. The lowest BCUT2D eigenvalue weighted by atomic mass is 9.87. The van der Waals surface area contributed by atoms with Crippen molar-refractivity contribution in [2.24, 2.45) is 5.92 Å². The quantitative estimate of drug-likeness (QED) is 0.818. The fourth-order valence-electron chi connectivity index (χ4n) is 3.15. The summed E-state index contributed by atoms with van der Waals surface area (Å²) in [6.07, 6.45) is 7.15. The van der Waals surface area contributed by atoms with E-state index in [0.717, 1.165) is 36.3 Å². The number of carbonyl (C=O) groups excluding carboxylic acids is 1. The zero-order chi connectivity index (χ0) is 15.5. The predicted molar refractivity (Wildman–Crippen MR) is 88.0 cm³/mol. The third-order valence-electron chi connectivity index (χ3n) is 4.72. The van der Waals surface area contributed by atoms with Gasteiger partial charge in [0.05, 0.1) is 5.75 Å². The molecular weight excluding hydrogens is 296 g/mol. The topological polar surface area (TPSA) is 59.8 Å². The first-order valence-corrected chi connectivity index (χ1v) is 9.51. The molecule has 0 saturated heterocycles. The minimum atomic E-state index is 0.128. The number of aromatic nitrogens is 3. The van der Waals surface area contributed by atoms with Crippen molar-refractivity contribution in [1.29, 1.82) is 0 Å². The van der Waals surface area contributed by atoms with E-state index in [1.165, 1.54) is 37.4 Å². The number of carbonyl (C=O) groups is 1. The molecule has 1 aromatic heterocycles. The van der Waals surface area contributed by atoms with Gasteiger partial charge in [-0.15, -0.1) is 10.2 Å². The second-order valence-corrected chi connectivity index (χ2v) is 7.61. The number of thioether (sulfide) groups is 1. The molecule has 0 radical (unpaired) electrons. The normalized spacial score (nSPS) is 25.2. The van der Waals surface area contributed by atoms with Gasteiger partial charge in [0.2, 0.25) is 5.91 Å². The second-order valence-electron chi connectivity index (χ2n) is 6.67. The van der Waals surface area contributed by atoms with Crippen molar-refractivity contribution in [3.05, 3.63) is 5.82 Å². The maximum Gasteiger partial charge on any atom is 0.230 e. The molecule has 5 nitrogen and oxygen atoms in total. The minimum absolute atomic E-state index is 0.128. The fraction of sp³-hybridized carbons (Fsp3) is 0.812. The number of rotatable bonds is 6. The maximum atomic E-state index is 12.1. The number of amides is 1. The Balaban J connectivity index is 1.48. The van der Waals surface area contributed by atoms with Gasteiger partial charge in [0.25, 0.3) is 0 Å². The summed E-state index contributed by atoms with van der Waals surface area (Å²) < 4.78 is 2.16. The van der Waals surface area contributed by atoms with Crippen LogP contribution in [0.15, 0.2) is 5.16 Å². The first kappa shape index (κ1) is 15.8. The largest absolute Gasteiger partial charge is 0.353 e. The first-order chi connectivity index (χ1) is 10.7. The standard InChI is InChI=1S/C16H26N4OS/c1-3-20-15(12-6-7-12)18-19-16(20)22-10-14(21)17-13-8-4-11(2)5-9-13/h11-13H,3-10H2,1-2H3,(H,17,21). The molecule has 2 aliphatic rings. The van der Waals surface area contributed by atoms with Crippen LogP contribution in [0.2, 0.25) is 0 Å². The van der Waals surface area contributed by atoms with E-state index in [-0.39, 0.29) is 5.91 Å². The van der Waals surface area contributed by atoms with Gasteiger partial charge in [-0.2, -0.15) is 0 Å². The van der Waals surface area contributed by atoms with Gasteiger partial charge in [-0.3, -0.25) is 4.79 Å². The SMILES string of the molecule is CCn1c(SCC(=O)NC2CCC(C)CC2)nnc1C1CC1. The molecular formula is C16H26N4OS. The average Bonchev–Trinajstić information content (AvgIpc) is 3.27. The second kappa shape index (κ2) is 7.02. The van der Waals surface area contributed by atoms with Crippen molar-refractivity contribution in [3.8, 4) is 0 Å². The average molecular weight is 322 g/mol. The number of nitrogens with one attached hydrogen (secondary N) is 1. The Bertz CT molecular complexity index is 518. The zero-order valence-electron chi connectivity index (χ0n) is 13.5. The smallest absolute Gasteiger partial charge is 0.230 e. The van der Waals surface area contributed by atoms with Crippen LogP contribution in [0.4, 0.5) is 0 Å². The van der Waals surface area contributed by atoms with Crippen LogP contribution >= 0.6 is 11.8 Å². The van der Waals surface area contributed by atoms with E-state index in [2.05, 4.69) is 33.9 Å². The third-order valence-corrected chi connectivity index (χ3v) is 5.68. The molecule has 2 aliphatic carbocycles. The van der Waals surface area contributed by atoms with Crippen LogP contribution in [-0.4, -0.2) is 32.5 Å². The van der Waals surface area contributed by atoms with Gasteiger partial charge in [-0.1, -0.05) is 18.7 Å². The van der Waals surface area contributed by atoms with E-state index < -0.39 is 0 Å². The van der Waals surface area contributed by atoms with Crippen LogP contribution in [0, 0.1) is 5.92 Å². The molecule has 1 amide bonds.